The van der Waals surface area contributed by atoms with Gasteiger partial charge in [0.05, 0.1) is 12.2 Å². The number of carbonyl (C=O) groups excluding carboxylic acids is 2. The van der Waals surface area contributed by atoms with Crippen molar-refractivity contribution in [1.82, 2.24) is 29.5 Å². The summed E-state index contributed by atoms with van der Waals surface area (Å²) in [5, 5.41) is 4.78. The number of benzene rings is 1. The van der Waals surface area contributed by atoms with Crippen molar-refractivity contribution in [3.8, 4) is 16.9 Å². The van der Waals surface area contributed by atoms with E-state index in [1.54, 1.807) is 18.5 Å². The predicted octanol–water partition coefficient (Wildman–Crippen LogP) is 3.10. The van der Waals surface area contributed by atoms with Crippen LogP contribution in [0.5, 0.6) is 0 Å². The van der Waals surface area contributed by atoms with Crippen LogP contribution in [0.2, 0.25) is 0 Å². The maximum atomic E-state index is 13.0. The minimum atomic E-state index is -0.0263. The van der Waals surface area contributed by atoms with Gasteiger partial charge in [-0.3, -0.25) is 19.5 Å². The van der Waals surface area contributed by atoms with Crippen LogP contribution in [0.4, 0.5) is 0 Å². The first-order valence-electron chi connectivity index (χ1n) is 12.7. The van der Waals surface area contributed by atoms with Crippen LogP contribution >= 0.6 is 0 Å². The highest BCUT2D eigenvalue weighted by Gasteiger charge is 2.24. The van der Waals surface area contributed by atoms with Gasteiger partial charge in [-0.1, -0.05) is 18.2 Å². The van der Waals surface area contributed by atoms with Crippen molar-refractivity contribution < 1.29 is 9.59 Å². The molecule has 2 aliphatic rings. The molecule has 0 saturated carbocycles. The van der Waals surface area contributed by atoms with Crippen molar-refractivity contribution in [3.63, 3.8) is 0 Å². The Morgan fingerprint density at radius 1 is 0.861 bits per heavy atom. The van der Waals surface area contributed by atoms with E-state index in [2.05, 4.69) is 9.88 Å². The van der Waals surface area contributed by atoms with Gasteiger partial charge >= 0.3 is 0 Å². The van der Waals surface area contributed by atoms with E-state index in [1.165, 1.54) is 6.42 Å². The zero-order valence-corrected chi connectivity index (χ0v) is 20.5. The van der Waals surface area contributed by atoms with Crippen LogP contribution in [0.25, 0.3) is 23.0 Å². The van der Waals surface area contributed by atoms with Crippen LogP contribution in [0.3, 0.4) is 0 Å². The molecule has 1 aromatic carbocycles. The standard InChI is InChI=1S/C28H32N6O2/c35-26(33-18-16-31(17-19-33)22-27(36)32-14-5-2-6-15-32)12-11-24-21-34(25-9-3-1-4-10-25)30-28(24)23-8-7-13-29-20-23/h1,3-4,7-13,20-21H,2,5-6,14-19,22H2. The molecule has 2 saturated heterocycles. The van der Waals surface area contributed by atoms with Crippen molar-refractivity contribution in [2.45, 2.75) is 19.3 Å². The Bertz CT molecular complexity index is 1190. The maximum Gasteiger partial charge on any atom is 0.246 e. The number of likely N-dealkylation sites (tertiary alicyclic amines) is 1. The molecule has 8 nitrogen and oxygen atoms in total. The average molecular weight is 485 g/mol. The maximum absolute atomic E-state index is 13.0. The van der Waals surface area contributed by atoms with Gasteiger partial charge in [-0.2, -0.15) is 5.10 Å². The fourth-order valence-electron chi connectivity index (χ4n) is 4.78. The number of piperidine rings is 1. The second kappa shape index (κ2) is 11.3. The topological polar surface area (TPSA) is 74.6 Å². The molecule has 0 N–H and O–H groups in total. The van der Waals surface area contributed by atoms with Crippen LogP contribution in [-0.2, 0) is 9.59 Å². The highest BCUT2D eigenvalue weighted by molar-refractivity contribution is 5.93. The quantitative estimate of drug-likeness (QED) is 0.503. The molecule has 0 atom stereocenters. The zero-order valence-electron chi connectivity index (χ0n) is 20.5. The molecule has 0 spiro atoms. The van der Waals surface area contributed by atoms with Crippen molar-refractivity contribution in [2.75, 3.05) is 45.8 Å². The van der Waals surface area contributed by atoms with Crippen LogP contribution in [0, 0.1) is 0 Å². The Morgan fingerprint density at radius 3 is 2.36 bits per heavy atom. The summed E-state index contributed by atoms with van der Waals surface area (Å²) in [6.45, 7) is 4.88. The number of hydrogen-bond donors (Lipinski definition) is 0. The van der Waals surface area contributed by atoms with Gasteiger partial charge in [-0.05, 0) is 49.6 Å². The molecular weight excluding hydrogens is 452 g/mol. The van der Waals surface area contributed by atoms with Crippen LogP contribution in [0.1, 0.15) is 24.8 Å². The minimum Gasteiger partial charge on any atom is -0.342 e. The predicted molar refractivity (Wildman–Crippen MR) is 139 cm³/mol. The zero-order chi connectivity index (χ0) is 24.7. The lowest BCUT2D eigenvalue weighted by Gasteiger charge is -2.35. The number of hydrogen-bond acceptors (Lipinski definition) is 5. The third-order valence-corrected chi connectivity index (χ3v) is 6.86. The summed E-state index contributed by atoms with van der Waals surface area (Å²) >= 11 is 0. The van der Waals surface area contributed by atoms with Gasteiger partial charge < -0.3 is 9.80 Å². The Morgan fingerprint density at radius 2 is 1.64 bits per heavy atom. The van der Waals surface area contributed by atoms with E-state index in [4.69, 9.17) is 5.10 Å². The average Bonchev–Trinajstić information content (AvgIpc) is 3.38. The Hall–Kier alpha value is -3.78. The summed E-state index contributed by atoms with van der Waals surface area (Å²) in [4.78, 5) is 35.8. The molecule has 8 heteroatoms. The highest BCUT2D eigenvalue weighted by atomic mass is 16.2. The lowest BCUT2D eigenvalue weighted by Crippen LogP contribution is -2.51. The van der Waals surface area contributed by atoms with E-state index < -0.39 is 0 Å². The summed E-state index contributed by atoms with van der Waals surface area (Å²) in [7, 11) is 0. The fourth-order valence-corrected chi connectivity index (χ4v) is 4.78. The number of aromatic nitrogens is 3. The number of pyridine rings is 1. The number of rotatable bonds is 6. The first kappa shape index (κ1) is 23.9. The van der Waals surface area contributed by atoms with Crippen molar-refractivity contribution in [1.29, 1.82) is 0 Å². The molecule has 0 bridgehead atoms. The van der Waals surface area contributed by atoms with Crippen molar-refractivity contribution >= 4 is 17.9 Å². The van der Waals surface area contributed by atoms with Crippen molar-refractivity contribution in [2.24, 2.45) is 0 Å². The summed E-state index contributed by atoms with van der Waals surface area (Å²) in [5.41, 5.74) is 3.47. The van der Waals surface area contributed by atoms with Gasteiger partial charge in [0.25, 0.3) is 0 Å². The van der Waals surface area contributed by atoms with Crippen LogP contribution in [0.15, 0.2) is 67.1 Å². The third kappa shape index (κ3) is 5.71. The molecule has 186 valence electrons. The molecule has 0 aliphatic carbocycles. The normalized spacial score (nSPS) is 17.0. The van der Waals surface area contributed by atoms with Gasteiger partial charge in [0, 0.05) is 75.1 Å². The fraction of sp³-hybridized carbons (Fsp3) is 0.357. The summed E-state index contributed by atoms with van der Waals surface area (Å²) in [6, 6.07) is 13.7. The molecule has 3 aromatic rings. The number of amides is 2. The molecule has 2 aromatic heterocycles. The minimum absolute atomic E-state index is 0.0263. The van der Waals surface area contributed by atoms with E-state index in [-0.39, 0.29) is 11.8 Å². The number of carbonyl (C=O) groups is 2. The molecule has 2 fully saturated rings. The van der Waals surface area contributed by atoms with Gasteiger partial charge in [0.15, 0.2) is 0 Å². The SMILES string of the molecule is O=C(C=Cc1cn(-c2ccccc2)nc1-c1cccnc1)N1CCN(CC(=O)N2CCCCC2)CC1. The molecule has 0 unspecified atom stereocenters. The Labute approximate surface area is 211 Å². The largest absolute Gasteiger partial charge is 0.342 e. The molecule has 36 heavy (non-hydrogen) atoms. The van der Waals surface area contributed by atoms with Gasteiger partial charge in [0.1, 0.15) is 5.69 Å². The summed E-state index contributed by atoms with van der Waals surface area (Å²) in [6.07, 6.45) is 12.3. The summed E-state index contributed by atoms with van der Waals surface area (Å²) < 4.78 is 1.82. The van der Waals surface area contributed by atoms with E-state index >= 15 is 0 Å². The Balaban J connectivity index is 1.23. The lowest BCUT2D eigenvalue weighted by atomic mass is 10.1. The molecule has 5 rings (SSSR count). The number of nitrogens with zero attached hydrogens (tertiary/aromatic N) is 6. The first-order chi connectivity index (χ1) is 17.7. The smallest absolute Gasteiger partial charge is 0.246 e. The van der Waals surface area contributed by atoms with Crippen LogP contribution in [-0.4, -0.2) is 87.1 Å². The first-order valence-corrected chi connectivity index (χ1v) is 12.7. The van der Waals surface area contributed by atoms with Gasteiger partial charge in [-0.25, -0.2) is 4.68 Å². The van der Waals surface area contributed by atoms with E-state index in [1.807, 2.05) is 69.2 Å². The van der Waals surface area contributed by atoms with E-state index in [9.17, 15) is 9.59 Å². The van der Waals surface area contributed by atoms with Crippen molar-refractivity contribution in [3.05, 3.63) is 72.7 Å². The second-order valence-electron chi connectivity index (χ2n) is 9.33. The molecule has 2 aliphatic heterocycles. The molecule has 4 heterocycles. The van der Waals surface area contributed by atoms with Gasteiger partial charge in [-0.15, -0.1) is 0 Å². The molecule has 0 radical (unpaired) electrons. The highest BCUT2D eigenvalue weighted by Crippen LogP contribution is 2.24. The van der Waals surface area contributed by atoms with E-state index in [0.29, 0.717) is 32.7 Å². The molecule has 2 amide bonds. The van der Waals surface area contributed by atoms with Gasteiger partial charge in [0.2, 0.25) is 11.8 Å². The monoisotopic (exact) mass is 484 g/mol. The lowest BCUT2D eigenvalue weighted by molar-refractivity contribution is -0.134. The van der Waals surface area contributed by atoms with E-state index in [0.717, 1.165) is 48.4 Å². The van der Waals surface area contributed by atoms with Crippen LogP contribution < -0.4 is 0 Å². The second-order valence-corrected chi connectivity index (χ2v) is 9.33. The third-order valence-electron chi connectivity index (χ3n) is 6.86. The number of para-hydroxylation sites is 1. The Kier molecular flexibility index (Phi) is 7.52. The molecular formula is C28H32N6O2. The summed E-state index contributed by atoms with van der Waals surface area (Å²) in [5.74, 6) is 0.189. The number of piperazine rings is 1.